The Bertz CT molecular complexity index is 614. The van der Waals surface area contributed by atoms with Crippen LogP contribution in [0.1, 0.15) is 32.3 Å². The third-order valence-corrected chi connectivity index (χ3v) is 5.74. The average Bonchev–Trinajstić information content (AvgIpc) is 2.37. The predicted molar refractivity (Wildman–Crippen MR) is 80.9 cm³/mol. The molecule has 118 valence electrons. The normalized spacial score (nSPS) is 19.6. The first-order chi connectivity index (χ1) is 9.76. The van der Waals surface area contributed by atoms with Gasteiger partial charge in [0.05, 0.1) is 0 Å². The van der Waals surface area contributed by atoms with Gasteiger partial charge in [-0.15, -0.1) is 0 Å². The zero-order valence-electron chi connectivity index (χ0n) is 12.8. The maximum Gasteiger partial charge on any atom is 0.246 e. The summed E-state index contributed by atoms with van der Waals surface area (Å²) in [5.41, 5.74) is 0.668. The summed E-state index contributed by atoms with van der Waals surface area (Å²) in [6.07, 6.45) is 1.80. The highest BCUT2D eigenvalue weighted by Crippen LogP contribution is 2.32. The zero-order chi connectivity index (χ0) is 15.7. The van der Waals surface area contributed by atoms with E-state index in [2.05, 4.69) is 5.32 Å². The molecule has 1 aromatic carbocycles. The van der Waals surface area contributed by atoms with Crippen LogP contribution in [0.4, 0.5) is 4.39 Å². The van der Waals surface area contributed by atoms with E-state index in [4.69, 9.17) is 0 Å². The number of nitrogens with zero attached hydrogens (tertiary/aromatic N) is 1. The molecule has 0 aliphatic carbocycles. The minimum Gasteiger partial charge on any atom is -0.316 e. The third-order valence-electron chi connectivity index (χ3n) is 3.86. The quantitative estimate of drug-likeness (QED) is 0.928. The molecule has 21 heavy (non-hydrogen) atoms. The number of rotatable bonds is 4. The number of nitrogens with one attached hydrogen (secondary N) is 1. The molecular weight excluding hydrogens is 291 g/mol. The molecule has 0 amide bonds. The van der Waals surface area contributed by atoms with Gasteiger partial charge < -0.3 is 5.32 Å². The molecule has 1 aromatic rings. The molecule has 6 heteroatoms. The van der Waals surface area contributed by atoms with Gasteiger partial charge in [0.2, 0.25) is 10.0 Å². The molecule has 0 atom stereocenters. The van der Waals surface area contributed by atoms with E-state index in [0.717, 1.165) is 18.4 Å². The third kappa shape index (κ3) is 3.62. The van der Waals surface area contributed by atoms with Gasteiger partial charge in [-0.3, -0.25) is 0 Å². The van der Waals surface area contributed by atoms with Crippen LogP contribution in [0, 0.1) is 11.2 Å². The Morgan fingerprint density at radius 2 is 2.10 bits per heavy atom. The lowest BCUT2D eigenvalue weighted by Crippen LogP contribution is -2.43. The maximum absolute atomic E-state index is 14.2. The SMILES string of the molecule is CNCc1ccc(S(=O)(=O)N2CCCC(C)(C)C2)c(F)c1. The monoisotopic (exact) mass is 314 g/mol. The highest BCUT2D eigenvalue weighted by atomic mass is 32.2. The van der Waals surface area contributed by atoms with Crippen LogP contribution in [-0.4, -0.2) is 32.9 Å². The molecule has 2 rings (SSSR count). The second-order valence-corrected chi connectivity index (χ2v) is 8.31. The second-order valence-electron chi connectivity index (χ2n) is 6.40. The number of benzene rings is 1. The first-order valence-corrected chi connectivity index (χ1v) is 8.63. The van der Waals surface area contributed by atoms with E-state index in [1.165, 1.54) is 16.4 Å². The molecule has 0 saturated carbocycles. The Labute approximate surface area is 126 Å². The second kappa shape index (κ2) is 6.02. The highest BCUT2D eigenvalue weighted by molar-refractivity contribution is 7.89. The van der Waals surface area contributed by atoms with Crippen LogP contribution in [0.2, 0.25) is 0 Å². The van der Waals surface area contributed by atoms with Crippen LogP contribution in [0.25, 0.3) is 0 Å². The largest absolute Gasteiger partial charge is 0.316 e. The van der Waals surface area contributed by atoms with Crippen molar-refractivity contribution in [1.82, 2.24) is 9.62 Å². The van der Waals surface area contributed by atoms with Gasteiger partial charge in [-0.05, 0) is 43.0 Å². The van der Waals surface area contributed by atoms with Gasteiger partial charge >= 0.3 is 0 Å². The van der Waals surface area contributed by atoms with Crippen molar-refractivity contribution in [1.29, 1.82) is 0 Å². The zero-order valence-corrected chi connectivity index (χ0v) is 13.6. The Kier molecular flexibility index (Phi) is 4.70. The first-order valence-electron chi connectivity index (χ1n) is 7.19. The van der Waals surface area contributed by atoms with Crippen molar-refractivity contribution >= 4 is 10.0 Å². The van der Waals surface area contributed by atoms with Crippen LogP contribution in [0.3, 0.4) is 0 Å². The van der Waals surface area contributed by atoms with Crippen LogP contribution in [0.15, 0.2) is 23.1 Å². The number of hydrogen-bond acceptors (Lipinski definition) is 3. The molecule has 1 aliphatic rings. The minimum absolute atomic E-state index is 0.0616. The molecule has 0 spiro atoms. The van der Waals surface area contributed by atoms with Gasteiger partial charge in [0.1, 0.15) is 10.7 Å². The molecule has 0 bridgehead atoms. The van der Waals surface area contributed by atoms with Crippen LogP contribution < -0.4 is 5.32 Å². The Balaban J connectivity index is 2.31. The molecule has 0 radical (unpaired) electrons. The lowest BCUT2D eigenvalue weighted by atomic mass is 9.85. The Hall–Kier alpha value is -0.980. The summed E-state index contributed by atoms with van der Waals surface area (Å²) in [7, 11) is -2.00. The minimum atomic E-state index is -3.76. The molecule has 1 N–H and O–H groups in total. The molecule has 1 heterocycles. The van der Waals surface area contributed by atoms with Crippen molar-refractivity contribution in [3.63, 3.8) is 0 Å². The predicted octanol–water partition coefficient (Wildman–Crippen LogP) is 2.36. The van der Waals surface area contributed by atoms with Gasteiger partial charge in [0.25, 0.3) is 0 Å². The van der Waals surface area contributed by atoms with E-state index in [1.54, 1.807) is 13.1 Å². The summed E-state index contributed by atoms with van der Waals surface area (Å²) < 4.78 is 40.9. The summed E-state index contributed by atoms with van der Waals surface area (Å²) >= 11 is 0. The van der Waals surface area contributed by atoms with Crippen LogP contribution >= 0.6 is 0 Å². The van der Waals surface area contributed by atoms with Crippen LogP contribution in [-0.2, 0) is 16.6 Å². The Morgan fingerprint density at radius 3 is 2.67 bits per heavy atom. The van der Waals surface area contributed by atoms with E-state index in [1.807, 2.05) is 13.8 Å². The molecule has 4 nitrogen and oxygen atoms in total. The highest BCUT2D eigenvalue weighted by Gasteiger charge is 2.35. The van der Waals surface area contributed by atoms with Crippen molar-refractivity contribution in [2.45, 2.75) is 38.1 Å². The summed E-state index contributed by atoms with van der Waals surface area (Å²) in [4.78, 5) is -0.222. The number of sulfonamides is 1. The summed E-state index contributed by atoms with van der Waals surface area (Å²) in [5.74, 6) is -0.675. The average molecular weight is 314 g/mol. The fourth-order valence-electron chi connectivity index (χ4n) is 2.78. The number of halogens is 1. The molecular formula is C15H23FN2O2S. The van der Waals surface area contributed by atoms with E-state index < -0.39 is 15.8 Å². The molecule has 1 saturated heterocycles. The molecule has 1 aliphatic heterocycles. The van der Waals surface area contributed by atoms with Crippen molar-refractivity contribution < 1.29 is 12.8 Å². The summed E-state index contributed by atoms with van der Waals surface area (Å²) in [6, 6.07) is 4.32. The lowest BCUT2D eigenvalue weighted by Gasteiger charge is -2.37. The molecule has 0 unspecified atom stereocenters. The summed E-state index contributed by atoms with van der Waals surface area (Å²) in [5, 5.41) is 2.92. The van der Waals surface area contributed by atoms with Crippen molar-refractivity contribution in [3.8, 4) is 0 Å². The summed E-state index contributed by atoms with van der Waals surface area (Å²) in [6.45, 7) is 5.49. The van der Waals surface area contributed by atoms with E-state index >= 15 is 0 Å². The maximum atomic E-state index is 14.2. The van der Waals surface area contributed by atoms with Gasteiger partial charge in [-0.2, -0.15) is 4.31 Å². The smallest absolute Gasteiger partial charge is 0.246 e. The number of piperidine rings is 1. The van der Waals surface area contributed by atoms with Crippen molar-refractivity contribution in [2.24, 2.45) is 5.41 Å². The van der Waals surface area contributed by atoms with Crippen LogP contribution in [0.5, 0.6) is 0 Å². The first kappa shape index (κ1) is 16.4. The van der Waals surface area contributed by atoms with Crippen molar-refractivity contribution in [2.75, 3.05) is 20.1 Å². The number of hydrogen-bond donors (Lipinski definition) is 1. The fraction of sp³-hybridized carbons (Fsp3) is 0.600. The van der Waals surface area contributed by atoms with E-state index in [-0.39, 0.29) is 10.3 Å². The van der Waals surface area contributed by atoms with E-state index in [9.17, 15) is 12.8 Å². The standard InChI is InChI=1S/C15H23FN2O2S/c1-15(2)7-4-8-18(11-15)21(19,20)14-6-5-12(10-17-3)9-13(14)16/h5-6,9,17H,4,7-8,10-11H2,1-3H3. The van der Waals surface area contributed by atoms with E-state index in [0.29, 0.717) is 19.6 Å². The topological polar surface area (TPSA) is 49.4 Å². The van der Waals surface area contributed by atoms with Crippen molar-refractivity contribution in [3.05, 3.63) is 29.6 Å². The fourth-order valence-corrected chi connectivity index (χ4v) is 4.49. The molecule has 1 fully saturated rings. The van der Waals surface area contributed by atoms with Gasteiger partial charge in [-0.25, -0.2) is 12.8 Å². The lowest BCUT2D eigenvalue weighted by molar-refractivity contribution is 0.186. The van der Waals surface area contributed by atoms with Gasteiger partial charge in [0, 0.05) is 19.6 Å². The van der Waals surface area contributed by atoms with Gasteiger partial charge in [-0.1, -0.05) is 19.9 Å². The molecule has 0 aromatic heterocycles. The Morgan fingerprint density at radius 1 is 1.38 bits per heavy atom. The van der Waals surface area contributed by atoms with Gasteiger partial charge in [0.15, 0.2) is 0 Å².